The molecule has 2 saturated carbocycles. The van der Waals surface area contributed by atoms with E-state index < -0.39 is 0 Å². The average Bonchev–Trinajstić information content (AvgIpc) is 2.91. The van der Waals surface area contributed by atoms with E-state index in [9.17, 15) is 4.79 Å². The van der Waals surface area contributed by atoms with E-state index in [2.05, 4.69) is 21.2 Å². The molecule has 3 rings (SSSR count). The quantitative estimate of drug-likeness (QED) is 0.875. The minimum atomic E-state index is 0.139. The van der Waals surface area contributed by atoms with Gasteiger partial charge >= 0.3 is 0 Å². The molecular weight excluding hydrogens is 302 g/mol. The van der Waals surface area contributed by atoms with Gasteiger partial charge in [-0.1, -0.05) is 11.6 Å². The molecular formula is C13H13BrClNO. The minimum Gasteiger partial charge on any atom is -0.325 e. The standard InChI is InChI=1S/C13H13BrClNO/c14-11-2-1-10(15)6-12(11)16-13(17)9-4-7-3-8(7)5-9/h1-2,6-9H,3-5H2,(H,16,17). The monoisotopic (exact) mass is 313 g/mol. The lowest BCUT2D eigenvalue weighted by Crippen LogP contribution is -2.21. The molecule has 1 aromatic carbocycles. The number of fused-ring (bicyclic) bond motifs is 1. The Morgan fingerprint density at radius 1 is 1.29 bits per heavy atom. The second-order valence-corrected chi connectivity index (χ2v) is 6.33. The van der Waals surface area contributed by atoms with Crippen molar-refractivity contribution in [2.75, 3.05) is 5.32 Å². The third-order valence-corrected chi connectivity index (χ3v) is 4.73. The van der Waals surface area contributed by atoms with Gasteiger partial charge in [0.25, 0.3) is 0 Å². The number of anilines is 1. The summed E-state index contributed by atoms with van der Waals surface area (Å²) in [4.78, 5) is 12.1. The van der Waals surface area contributed by atoms with Crippen molar-refractivity contribution in [2.45, 2.75) is 19.3 Å². The molecule has 0 spiro atoms. The molecule has 2 aliphatic carbocycles. The summed E-state index contributed by atoms with van der Waals surface area (Å²) in [6.07, 6.45) is 3.47. The van der Waals surface area contributed by atoms with Crippen LogP contribution in [0.25, 0.3) is 0 Å². The summed E-state index contributed by atoms with van der Waals surface area (Å²) in [5.74, 6) is 1.99. The van der Waals surface area contributed by atoms with Gasteiger partial charge in [0.15, 0.2) is 0 Å². The molecule has 0 aromatic heterocycles. The molecule has 1 N–H and O–H groups in total. The number of carbonyl (C=O) groups excluding carboxylic acids is 1. The maximum Gasteiger partial charge on any atom is 0.227 e. The Kier molecular flexibility index (Phi) is 2.91. The molecule has 4 heteroatoms. The summed E-state index contributed by atoms with van der Waals surface area (Å²) in [7, 11) is 0. The average molecular weight is 315 g/mol. The lowest BCUT2D eigenvalue weighted by atomic mass is 10.0. The first kappa shape index (κ1) is 11.5. The number of benzene rings is 1. The molecule has 1 amide bonds. The number of halogens is 2. The Bertz CT molecular complexity index is 466. The number of hydrogen-bond acceptors (Lipinski definition) is 1. The Hall–Kier alpha value is -0.540. The summed E-state index contributed by atoms with van der Waals surface area (Å²) in [6.45, 7) is 0. The topological polar surface area (TPSA) is 29.1 Å². The Morgan fingerprint density at radius 2 is 2.00 bits per heavy atom. The maximum absolute atomic E-state index is 12.1. The van der Waals surface area contributed by atoms with Gasteiger partial charge < -0.3 is 5.32 Å². The van der Waals surface area contributed by atoms with Crippen molar-refractivity contribution >= 4 is 39.1 Å². The van der Waals surface area contributed by atoms with Crippen LogP contribution in [0, 0.1) is 17.8 Å². The predicted octanol–water partition coefficient (Wildman–Crippen LogP) is 4.09. The third kappa shape index (κ3) is 2.36. The van der Waals surface area contributed by atoms with E-state index in [1.807, 2.05) is 6.07 Å². The van der Waals surface area contributed by atoms with Gasteiger partial charge in [0.05, 0.1) is 5.69 Å². The first-order chi connectivity index (χ1) is 8.13. The molecule has 2 atom stereocenters. The molecule has 0 saturated heterocycles. The number of carbonyl (C=O) groups is 1. The van der Waals surface area contributed by atoms with E-state index in [-0.39, 0.29) is 11.8 Å². The van der Waals surface area contributed by atoms with Gasteiger partial charge in [-0.25, -0.2) is 0 Å². The van der Waals surface area contributed by atoms with Crippen LogP contribution < -0.4 is 5.32 Å². The highest BCUT2D eigenvalue weighted by atomic mass is 79.9. The highest BCUT2D eigenvalue weighted by Crippen LogP contribution is 2.54. The molecule has 2 nitrogen and oxygen atoms in total. The zero-order valence-corrected chi connectivity index (χ0v) is 11.6. The highest BCUT2D eigenvalue weighted by Gasteiger charge is 2.47. The van der Waals surface area contributed by atoms with Gasteiger partial charge in [-0.15, -0.1) is 0 Å². The van der Waals surface area contributed by atoms with Crippen LogP contribution in [0.1, 0.15) is 19.3 Å². The van der Waals surface area contributed by atoms with Crippen molar-refractivity contribution in [3.05, 3.63) is 27.7 Å². The minimum absolute atomic E-state index is 0.139. The molecule has 0 heterocycles. The first-order valence-corrected chi connectivity index (χ1v) is 7.06. The molecule has 90 valence electrons. The van der Waals surface area contributed by atoms with Crippen molar-refractivity contribution in [1.29, 1.82) is 0 Å². The lowest BCUT2D eigenvalue weighted by molar-refractivity contribution is -0.120. The molecule has 1 aromatic rings. The van der Waals surface area contributed by atoms with E-state index in [0.29, 0.717) is 5.02 Å². The number of rotatable bonds is 2. The maximum atomic E-state index is 12.1. The summed E-state index contributed by atoms with van der Waals surface area (Å²) < 4.78 is 0.874. The highest BCUT2D eigenvalue weighted by molar-refractivity contribution is 9.10. The fourth-order valence-corrected chi connectivity index (χ4v) is 3.27. The van der Waals surface area contributed by atoms with Crippen molar-refractivity contribution in [3.63, 3.8) is 0 Å². The van der Waals surface area contributed by atoms with Crippen LogP contribution in [0.2, 0.25) is 5.02 Å². The molecule has 17 heavy (non-hydrogen) atoms. The van der Waals surface area contributed by atoms with Crippen molar-refractivity contribution in [1.82, 2.24) is 0 Å². The van der Waals surface area contributed by atoms with Crippen LogP contribution in [0.4, 0.5) is 5.69 Å². The molecule has 0 aliphatic heterocycles. The van der Waals surface area contributed by atoms with Crippen LogP contribution in [0.15, 0.2) is 22.7 Å². The van der Waals surface area contributed by atoms with Crippen molar-refractivity contribution < 1.29 is 4.79 Å². The van der Waals surface area contributed by atoms with Crippen LogP contribution in [-0.2, 0) is 4.79 Å². The van der Waals surface area contributed by atoms with E-state index in [1.54, 1.807) is 12.1 Å². The number of hydrogen-bond donors (Lipinski definition) is 1. The van der Waals surface area contributed by atoms with Crippen LogP contribution in [-0.4, -0.2) is 5.91 Å². The summed E-state index contributed by atoms with van der Waals surface area (Å²) in [6, 6.07) is 5.43. The zero-order chi connectivity index (χ0) is 12.0. The third-order valence-electron chi connectivity index (χ3n) is 3.80. The fraction of sp³-hybridized carbons (Fsp3) is 0.462. The van der Waals surface area contributed by atoms with Crippen LogP contribution >= 0.6 is 27.5 Å². The summed E-state index contributed by atoms with van der Waals surface area (Å²) in [5.41, 5.74) is 0.767. The normalized spacial score (nSPS) is 29.9. The lowest BCUT2D eigenvalue weighted by Gasteiger charge is -2.13. The Balaban J connectivity index is 1.69. The van der Waals surface area contributed by atoms with E-state index >= 15 is 0 Å². The van der Waals surface area contributed by atoms with Crippen LogP contribution in [0.5, 0.6) is 0 Å². The molecule has 2 unspecified atom stereocenters. The number of amides is 1. The van der Waals surface area contributed by atoms with Crippen molar-refractivity contribution in [2.24, 2.45) is 17.8 Å². The van der Waals surface area contributed by atoms with Gasteiger partial charge in [0.1, 0.15) is 0 Å². The van der Waals surface area contributed by atoms with E-state index in [4.69, 9.17) is 11.6 Å². The SMILES string of the molecule is O=C(Nc1cc(Cl)ccc1Br)C1CC2CC2C1. The predicted molar refractivity (Wildman–Crippen MR) is 72.1 cm³/mol. The van der Waals surface area contributed by atoms with E-state index in [1.165, 1.54) is 6.42 Å². The first-order valence-electron chi connectivity index (χ1n) is 5.89. The Morgan fingerprint density at radius 3 is 2.71 bits per heavy atom. The smallest absolute Gasteiger partial charge is 0.227 e. The largest absolute Gasteiger partial charge is 0.325 e. The molecule has 0 radical (unpaired) electrons. The van der Waals surface area contributed by atoms with Gasteiger partial charge in [0, 0.05) is 15.4 Å². The molecule has 2 fully saturated rings. The van der Waals surface area contributed by atoms with Crippen molar-refractivity contribution in [3.8, 4) is 0 Å². The molecule has 0 bridgehead atoms. The van der Waals surface area contributed by atoms with Crippen LogP contribution in [0.3, 0.4) is 0 Å². The Labute approximate surface area is 114 Å². The zero-order valence-electron chi connectivity index (χ0n) is 9.25. The summed E-state index contributed by atoms with van der Waals surface area (Å²) in [5, 5.41) is 3.60. The fourth-order valence-electron chi connectivity index (χ4n) is 2.76. The van der Waals surface area contributed by atoms with Gasteiger partial charge in [-0.2, -0.15) is 0 Å². The van der Waals surface area contributed by atoms with Gasteiger partial charge in [-0.3, -0.25) is 4.79 Å². The number of nitrogens with one attached hydrogen (secondary N) is 1. The van der Waals surface area contributed by atoms with Gasteiger partial charge in [0.2, 0.25) is 5.91 Å². The molecule has 2 aliphatic rings. The van der Waals surface area contributed by atoms with Gasteiger partial charge in [-0.05, 0) is 65.2 Å². The summed E-state index contributed by atoms with van der Waals surface area (Å²) >= 11 is 9.33. The van der Waals surface area contributed by atoms with E-state index in [0.717, 1.165) is 34.8 Å². The second kappa shape index (κ2) is 4.29. The second-order valence-electron chi connectivity index (χ2n) is 5.04.